The van der Waals surface area contributed by atoms with Gasteiger partial charge in [0.2, 0.25) is 0 Å². The van der Waals surface area contributed by atoms with Crippen LogP contribution in [0.5, 0.6) is 0 Å². The summed E-state index contributed by atoms with van der Waals surface area (Å²) in [4.78, 5) is 6.42. The Morgan fingerprint density at radius 2 is 1.70 bits per heavy atom. The summed E-state index contributed by atoms with van der Waals surface area (Å²) in [6.07, 6.45) is 2.15. The second kappa shape index (κ2) is 9.94. The van der Waals surface area contributed by atoms with E-state index in [0.29, 0.717) is 0 Å². The van der Waals surface area contributed by atoms with E-state index in [1.165, 1.54) is 33.1 Å². The van der Waals surface area contributed by atoms with Gasteiger partial charge in [-0.2, -0.15) is 5.10 Å². The second-order valence-corrected chi connectivity index (χ2v) is 9.84. The molecule has 1 fully saturated rings. The molecule has 0 saturated carbocycles. The van der Waals surface area contributed by atoms with Gasteiger partial charge >= 0.3 is 0 Å². The van der Waals surface area contributed by atoms with E-state index in [-0.39, 0.29) is 0 Å². The molecule has 170 valence electrons. The third-order valence-electron chi connectivity index (χ3n) is 6.73. The van der Waals surface area contributed by atoms with Gasteiger partial charge in [0.1, 0.15) is 0 Å². The van der Waals surface area contributed by atoms with Gasteiger partial charge in [-0.05, 0) is 80.1 Å². The molecule has 2 aromatic carbocycles. The van der Waals surface area contributed by atoms with Crippen molar-refractivity contribution in [3.63, 3.8) is 0 Å². The van der Waals surface area contributed by atoms with Crippen molar-refractivity contribution in [3.8, 4) is 16.3 Å². The fourth-order valence-electron chi connectivity index (χ4n) is 4.69. The second-order valence-electron chi connectivity index (χ2n) is 8.90. The molecular formula is C28H32N4S. The first-order valence-electron chi connectivity index (χ1n) is 11.9. The van der Waals surface area contributed by atoms with Crippen LogP contribution >= 0.6 is 11.3 Å². The molecule has 0 N–H and O–H groups in total. The summed E-state index contributed by atoms with van der Waals surface area (Å²) in [5, 5.41) is 7.12. The van der Waals surface area contributed by atoms with Crippen LogP contribution in [0.1, 0.15) is 23.2 Å². The molecule has 1 aliphatic rings. The van der Waals surface area contributed by atoms with Crippen LogP contribution in [0.2, 0.25) is 0 Å². The molecular weight excluding hydrogens is 424 g/mol. The Bertz CT molecular complexity index is 1170. The average Bonchev–Trinajstić information content (AvgIpc) is 3.52. The minimum Gasteiger partial charge on any atom is -0.369 e. The predicted molar refractivity (Wildman–Crippen MR) is 140 cm³/mol. The molecule has 3 heterocycles. The zero-order valence-corrected chi connectivity index (χ0v) is 20.4. The van der Waals surface area contributed by atoms with Crippen LogP contribution in [0.3, 0.4) is 0 Å². The molecule has 2 aromatic heterocycles. The highest BCUT2D eigenvalue weighted by atomic mass is 32.1. The number of thiophene rings is 1. The van der Waals surface area contributed by atoms with Crippen molar-refractivity contribution in [1.82, 2.24) is 14.7 Å². The summed E-state index contributed by atoms with van der Waals surface area (Å²) in [5.41, 5.74) is 7.69. The third-order valence-corrected chi connectivity index (χ3v) is 7.62. The number of aromatic nitrogens is 2. The van der Waals surface area contributed by atoms with E-state index in [2.05, 4.69) is 100 Å². The molecule has 1 saturated heterocycles. The molecule has 5 heteroatoms. The molecule has 0 amide bonds. The third kappa shape index (κ3) is 4.90. The summed E-state index contributed by atoms with van der Waals surface area (Å²) < 4.78 is 2.10. The lowest BCUT2D eigenvalue weighted by atomic mass is 10.1. The Balaban J connectivity index is 1.19. The van der Waals surface area contributed by atoms with E-state index in [1.54, 1.807) is 11.3 Å². The number of anilines is 1. The largest absolute Gasteiger partial charge is 0.369 e. The summed E-state index contributed by atoms with van der Waals surface area (Å²) in [5.74, 6) is 0. The molecule has 0 aliphatic carbocycles. The van der Waals surface area contributed by atoms with Crippen molar-refractivity contribution in [3.05, 3.63) is 88.9 Å². The lowest BCUT2D eigenvalue weighted by Crippen LogP contribution is -2.47. The van der Waals surface area contributed by atoms with Crippen molar-refractivity contribution >= 4 is 17.0 Å². The Hall–Kier alpha value is -2.89. The van der Waals surface area contributed by atoms with Crippen LogP contribution in [-0.4, -0.2) is 47.4 Å². The van der Waals surface area contributed by atoms with Gasteiger partial charge in [-0.1, -0.05) is 36.4 Å². The fraction of sp³-hybridized carbons (Fsp3) is 0.321. The van der Waals surface area contributed by atoms with Gasteiger partial charge in [0.25, 0.3) is 0 Å². The Morgan fingerprint density at radius 1 is 0.879 bits per heavy atom. The van der Waals surface area contributed by atoms with Crippen LogP contribution in [0.4, 0.5) is 5.69 Å². The minimum atomic E-state index is 1.01. The lowest BCUT2D eigenvalue weighted by Gasteiger charge is -2.37. The number of hydrogen-bond donors (Lipinski definition) is 0. The van der Waals surface area contributed by atoms with Crippen LogP contribution in [0.25, 0.3) is 16.3 Å². The van der Waals surface area contributed by atoms with Crippen molar-refractivity contribution in [2.75, 3.05) is 37.6 Å². The molecule has 1 aliphatic heterocycles. The first-order chi connectivity index (χ1) is 16.2. The quantitative estimate of drug-likeness (QED) is 0.342. The van der Waals surface area contributed by atoms with E-state index >= 15 is 0 Å². The van der Waals surface area contributed by atoms with Gasteiger partial charge in [0.05, 0.1) is 22.0 Å². The molecule has 33 heavy (non-hydrogen) atoms. The normalized spacial score (nSPS) is 14.7. The van der Waals surface area contributed by atoms with E-state index in [1.807, 2.05) is 0 Å². The Kier molecular flexibility index (Phi) is 6.60. The van der Waals surface area contributed by atoms with Crippen molar-refractivity contribution in [2.45, 2.75) is 26.7 Å². The van der Waals surface area contributed by atoms with Crippen LogP contribution in [0, 0.1) is 13.8 Å². The summed E-state index contributed by atoms with van der Waals surface area (Å²) in [6.45, 7) is 10.1. The van der Waals surface area contributed by atoms with Crippen LogP contribution in [0.15, 0.2) is 72.1 Å². The fourth-order valence-corrected chi connectivity index (χ4v) is 5.42. The van der Waals surface area contributed by atoms with Crippen molar-refractivity contribution < 1.29 is 0 Å². The standard InChI is InChI=1S/C28H32N4S/c1-22-9-6-13-26(23(22)2)31-18-16-30(17-19-31)15-7-10-24-21-27(28-14-8-20-33-28)32(29-24)25-11-4-3-5-12-25/h3-6,8-9,11-14,20-21H,7,10,15-19H2,1-2H3. The SMILES string of the molecule is Cc1cccc(N2CCN(CCCc3cc(-c4cccs4)n(-c4ccccc4)n3)CC2)c1C. The van der Waals surface area contributed by atoms with Gasteiger partial charge in [0.15, 0.2) is 0 Å². The number of nitrogens with zero attached hydrogens (tertiary/aromatic N) is 4. The van der Waals surface area contributed by atoms with Crippen molar-refractivity contribution in [2.24, 2.45) is 0 Å². The maximum Gasteiger partial charge on any atom is 0.0843 e. The lowest BCUT2D eigenvalue weighted by molar-refractivity contribution is 0.254. The highest BCUT2D eigenvalue weighted by molar-refractivity contribution is 7.13. The van der Waals surface area contributed by atoms with Gasteiger partial charge in [-0.15, -0.1) is 11.3 Å². The highest BCUT2D eigenvalue weighted by Gasteiger charge is 2.19. The number of benzene rings is 2. The van der Waals surface area contributed by atoms with E-state index in [0.717, 1.165) is 51.3 Å². The number of rotatable bonds is 7. The van der Waals surface area contributed by atoms with Gasteiger partial charge in [-0.25, -0.2) is 4.68 Å². The molecule has 0 spiro atoms. The predicted octanol–water partition coefficient (Wildman–Crippen LogP) is 5.97. The summed E-state index contributed by atoms with van der Waals surface area (Å²) in [6, 6.07) is 23.7. The number of aryl methyl sites for hydroxylation is 2. The zero-order chi connectivity index (χ0) is 22.6. The molecule has 0 atom stereocenters. The van der Waals surface area contributed by atoms with E-state index < -0.39 is 0 Å². The highest BCUT2D eigenvalue weighted by Crippen LogP contribution is 2.28. The summed E-state index contributed by atoms with van der Waals surface area (Å²) >= 11 is 1.77. The Morgan fingerprint density at radius 3 is 2.45 bits per heavy atom. The van der Waals surface area contributed by atoms with E-state index in [9.17, 15) is 0 Å². The number of para-hydroxylation sites is 1. The zero-order valence-electron chi connectivity index (χ0n) is 19.6. The molecule has 0 bridgehead atoms. The summed E-state index contributed by atoms with van der Waals surface area (Å²) in [7, 11) is 0. The smallest absolute Gasteiger partial charge is 0.0843 e. The molecule has 0 unspecified atom stereocenters. The van der Waals surface area contributed by atoms with Crippen molar-refractivity contribution in [1.29, 1.82) is 0 Å². The average molecular weight is 457 g/mol. The monoisotopic (exact) mass is 456 g/mol. The first kappa shape index (κ1) is 21.9. The maximum atomic E-state index is 4.99. The van der Waals surface area contributed by atoms with Crippen LogP contribution in [-0.2, 0) is 6.42 Å². The topological polar surface area (TPSA) is 24.3 Å². The van der Waals surface area contributed by atoms with E-state index in [4.69, 9.17) is 5.10 Å². The first-order valence-corrected chi connectivity index (χ1v) is 12.8. The number of piperazine rings is 1. The molecule has 0 radical (unpaired) electrons. The van der Waals surface area contributed by atoms with Gasteiger partial charge in [-0.3, -0.25) is 4.90 Å². The van der Waals surface area contributed by atoms with Crippen LogP contribution < -0.4 is 4.90 Å². The molecule has 4 aromatic rings. The number of hydrogen-bond acceptors (Lipinski definition) is 4. The minimum absolute atomic E-state index is 1.01. The Labute approximate surface area is 201 Å². The maximum absolute atomic E-state index is 4.99. The molecule has 5 rings (SSSR count). The van der Waals surface area contributed by atoms with Gasteiger partial charge in [0, 0.05) is 31.9 Å². The molecule has 4 nitrogen and oxygen atoms in total. The van der Waals surface area contributed by atoms with Gasteiger partial charge < -0.3 is 4.90 Å².